The van der Waals surface area contributed by atoms with Crippen LogP contribution in [-0.4, -0.2) is 33.3 Å². The number of aromatic nitrogens is 4. The minimum Gasteiger partial charge on any atom is -0.368 e. The van der Waals surface area contributed by atoms with Crippen molar-refractivity contribution in [3.05, 3.63) is 70.9 Å². The lowest BCUT2D eigenvalue weighted by Gasteiger charge is -2.25. The van der Waals surface area contributed by atoms with Gasteiger partial charge in [0.1, 0.15) is 5.82 Å². The van der Waals surface area contributed by atoms with Crippen molar-refractivity contribution in [1.82, 2.24) is 20.2 Å². The van der Waals surface area contributed by atoms with Crippen LogP contribution in [0.4, 0.5) is 17.5 Å². The van der Waals surface area contributed by atoms with Gasteiger partial charge in [-0.1, -0.05) is 41.9 Å². The lowest BCUT2D eigenvalue weighted by molar-refractivity contribution is 0.751. The number of H-pyrrole nitrogens is 1. The second-order valence-corrected chi connectivity index (χ2v) is 7.57. The molecular weight excluding hydrogens is 386 g/mol. The molecule has 5 rings (SSSR count). The predicted octanol–water partition coefficient (Wildman–Crippen LogP) is 3.62. The normalized spacial score (nSPS) is 14.1. The summed E-state index contributed by atoms with van der Waals surface area (Å²) in [5.74, 6) is 1.05. The van der Waals surface area contributed by atoms with Crippen LogP contribution in [0.15, 0.2) is 54.7 Å². The molecular formula is C21H20ClN7. The molecule has 0 saturated heterocycles. The SMILES string of the molecule is Nc1nc(N2CCN(Cc3ccc(Cl)cc3)c3ccccc3C2)c2cn[nH]c2n1. The summed E-state index contributed by atoms with van der Waals surface area (Å²) in [7, 11) is 0. The Labute approximate surface area is 173 Å². The quantitative estimate of drug-likeness (QED) is 0.541. The Morgan fingerprint density at radius 3 is 2.72 bits per heavy atom. The molecule has 7 nitrogen and oxygen atoms in total. The molecule has 0 unspecified atom stereocenters. The molecule has 3 N–H and O–H groups in total. The standard InChI is InChI=1S/C21H20ClN7/c22-16-7-5-14(6-8-16)12-28-9-10-29(13-15-3-1-2-4-18(15)28)20-17-11-24-27-19(17)25-21(23)26-20/h1-8,11H,9-10,12-13H2,(H3,23,24,25,26,27). The molecule has 0 spiro atoms. The van der Waals surface area contributed by atoms with Crippen molar-refractivity contribution in [1.29, 1.82) is 0 Å². The highest BCUT2D eigenvalue weighted by Gasteiger charge is 2.23. The fourth-order valence-electron chi connectivity index (χ4n) is 3.83. The van der Waals surface area contributed by atoms with Gasteiger partial charge in [0.15, 0.2) is 5.65 Å². The van der Waals surface area contributed by atoms with Gasteiger partial charge in [-0.15, -0.1) is 0 Å². The Morgan fingerprint density at radius 2 is 1.86 bits per heavy atom. The number of nitrogens with zero attached hydrogens (tertiary/aromatic N) is 5. The largest absolute Gasteiger partial charge is 0.368 e. The number of aromatic amines is 1. The van der Waals surface area contributed by atoms with Crippen molar-refractivity contribution < 1.29 is 0 Å². The Morgan fingerprint density at radius 1 is 1.03 bits per heavy atom. The molecule has 2 aromatic heterocycles. The number of fused-ring (bicyclic) bond motifs is 2. The van der Waals surface area contributed by atoms with E-state index >= 15 is 0 Å². The lowest BCUT2D eigenvalue weighted by atomic mass is 10.1. The van der Waals surface area contributed by atoms with Gasteiger partial charge >= 0.3 is 0 Å². The number of nitrogens with two attached hydrogens (primary N) is 1. The van der Waals surface area contributed by atoms with E-state index in [1.54, 1.807) is 6.20 Å². The van der Waals surface area contributed by atoms with Crippen molar-refractivity contribution in [3.8, 4) is 0 Å². The van der Waals surface area contributed by atoms with E-state index < -0.39 is 0 Å². The number of anilines is 3. The molecule has 1 aliphatic rings. The summed E-state index contributed by atoms with van der Waals surface area (Å²) in [5.41, 5.74) is 10.3. The summed E-state index contributed by atoms with van der Waals surface area (Å²) < 4.78 is 0. The molecule has 3 heterocycles. The molecule has 0 saturated carbocycles. The first kappa shape index (κ1) is 17.8. The Balaban J connectivity index is 1.50. The van der Waals surface area contributed by atoms with Crippen LogP contribution in [0.1, 0.15) is 11.1 Å². The first-order chi connectivity index (χ1) is 14.2. The van der Waals surface area contributed by atoms with Crippen molar-refractivity contribution in [2.75, 3.05) is 28.6 Å². The Bertz CT molecular complexity index is 1160. The maximum absolute atomic E-state index is 6.05. The fraction of sp³-hybridized carbons (Fsp3) is 0.190. The molecule has 0 aliphatic carbocycles. The van der Waals surface area contributed by atoms with E-state index in [0.717, 1.165) is 42.4 Å². The number of rotatable bonds is 3. The molecule has 0 atom stereocenters. The first-order valence-corrected chi connectivity index (χ1v) is 9.84. The zero-order chi connectivity index (χ0) is 19.8. The summed E-state index contributed by atoms with van der Waals surface area (Å²) >= 11 is 6.05. The highest BCUT2D eigenvalue weighted by atomic mass is 35.5. The topological polar surface area (TPSA) is 87.0 Å². The molecule has 29 heavy (non-hydrogen) atoms. The molecule has 146 valence electrons. The van der Waals surface area contributed by atoms with Gasteiger partial charge in [-0.2, -0.15) is 15.1 Å². The van der Waals surface area contributed by atoms with Gasteiger partial charge in [-0.05, 0) is 29.3 Å². The number of halogens is 1. The zero-order valence-electron chi connectivity index (χ0n) is 15.7. The van der Waals surface area contributed by atoms with Crippen LogP contribution < -0.4 is 15.5 Å². The van der Waals surface area contributed by atoms with Crippen LogP contribution in [0.25, 0.3) is 11.0 Å². The van der Waals surface area contributed by atoms with E-state index in [9.17, 15) is 0 Å². The van der Waals surface area contributed by atoms with E-state index in [1.165, 1.54) is 16.8 Å². The van der Waals surface area contributed by atoms with Crippen molar-refractivity contribution in [3.63, 3.8) is 0 Å². The molecule has 2 aromatic carbocycles. The van der Waals surface area contributed by atoms with Crippen LogP contribution in [0, 0.1) is 0 Å². The number of nitrogen functional groups attached to an aromatic ring is 1. The average Bonchev–Trinajstić information content (AvgIpc) is 3.12. The van der Waals surface area contributed by atoms with Crippen molar-refractivity contribution >= 4 is 40.1 Å². The van der Waals surface area contributed by atoms with Crippen LogP contribution in [0.5, 0.6) is 0 Å². The Kier molecular flexibility index (Phi) is 4.44. The molecule has 0 amide bonds. The zero-order valence-corrected chi connectivity index (χ0v) is 16.5. The van der Waals surface area contributed by atoms with E-state index in [4.69, 9.17) is 17.3 Å². The van der Waals surface area contributed by atoms with Crippen molar-refractivity contribution in [2.24, 2.45) is 0 Å². The van der Waals surface area contributed by atoms with Crippen molar-refractivity contribution in [2.45, 2.75) is 13.1 Å². The maximum atomic E-state index is 6.05. The third-order valence-corrected chi connectivity index (χ3v) is 5.48. The number of nitrogens with one attached hydrogen (secondary N) is 1. The van der Waals surface area contributed by atoms with E-state index in [-0.39, 0.29) is 5.95 Å². The lowest BCUT2D eigenvalue weighted by Crippen LogP contribution is -2.31. The highest BCUT2D eigenvalue weighted by Crippen LogP contribution is 2.31. The molecule has 0 radical (unpaired) electrons. The van der Waals surface area contributed by atoms with Gasteiger partial charge in [0, 0.05) is 36.9 Å². The number of benzene rings is 2. The molecule has 1 aliphatic heterocycles. The summed E-state index contributed by atoms with van der Waals surface area (Å²) in [6.07, 6.45) is 1.76. The van der Waals surface area contributed by atoms with Crippen LogP contribution in [0.2, 0.25) is 5.02 Å². The number of hydrogen-bond donors (Lipinski definition) is 2. The van der Waals surface area contributed by atoms with Crippen LogP contribution in [0.3, 0.4) is 0 Å². The van der Waals surface area contributed by atoms with Gasteiger partial charge in [0.05, 0.1) is 11.6 Å². The Hall–Kier alpha value is -3.32. The summed E-state index contributed by atoms with van der Waals surface area (Å²) in [4.78, 5) is 13.4. The van der Waals surface area contributed by atoms with Gasteiger partial charge < -0.3 is 15.5 Å². The van der Waals surface area contributed by atoms with Gasteiger partial charge in [0.25, 0.3) is 0 Å². The fourth-order valence-corrected chi connectivity index (χ4v) is 3.96. The maximum Gasteiger partial charge on any atom is 0.224 e. The molecule has 0 fully saturated rings. The molecule has 8 heteroatoms. The monoisotopic (exact) mass is 405 g/mol. The smallest absolute Gasteiger partial charge is 0.224 e. The third kappa shape index (κ3) is 3.45. The van der Waals surface area contributed by atoms with Crippen LogP contribution in [-0.2, 0) is 13.1 Å². The predicted molar refractivity (Wildman–Crippen MR) is 116 cm³/mol. The minimum atomic E-state index is 0.243. The summed E-state index contributed by atoms with van der Waals surface area (Å²) in [6, 6.07) is 16.5. The molecule has 0 bridgehead atoms. The van der Waals surface area contributed by atoms with E-state index in [2.05, 4.69) is 66.4 Å². The van der Waals surface area contributed by atoms with Gasteiger partial charge in [-0.25, -0.2) is 0 Å². The minimum absolute atomic E-state index is 0.243. The van der Waals surface area contributed by atoms with E-state index in [1.807, 2.05) is 12.1 Å². The highest BCUT2D eigenvalue weighted by molar-refractivity contribution is 6.30. The average molecular weight is 406 g/mol. The third-order valence-electron chi connectivity index (χ3n) is 5.23. The molecule has 4 aromatic rings. The van der Waals surface area contributed by atoms with Gasteiger partial charge in [0.2, 0.25) is 5.95 Å². The second kappa shape index (κ2) is 7.25. The van der Waals surface area contributed by atoms with Crippen LogP contribution >= 0.6 is 11.6 Å². The van der Waals surface area contributed by atoms with Gasteiger partial charge in [-0.3, -0.25) is 5.10 Å². The summed E-state index contributed by atoms with van der Waals surface area (Å²) in [5, 5.41) is 8.63. The number of para-hydroxylation sites is 1. The second-order valence-electron chi connectivity index (χ2n) is 7.14. The first-order valence-electron chi connectivity index (χ1n) is 9.46. The van der Waals surface area contributed by atoms with E-state index in [0.29, 0.717) is 5.65 Å². The summed E-state index contributed by atoms with van der Waals surface area (Å²) in [6.45, 7) is 3.21. The number of hydrogen-bond acceptors (Lipinski definition) is 6.